The molecule has 1 aromatic heterocycles. The molecule has 1 unspecified atom stereocenters. The van der Waals surface area contributed by atoms with Gasteiger partial charge >= 0.3 is 0 Å². The fourth-order valence-electron chi connectivity index (χ4n) is 2.18. The van der Waals surface area contributed by atoms with Gasteiger partial charge in [0.15, 0.2) is 9.84 Å². The van der Waals surface area contributed by atoms with Crippen molar-refractivity contribution >= 4 is 27.2 Å². The van der Waals surface area contributed by atoms with E-state index < -0.39 is 14.8 Å². The Bertz CT molecular complexity index is 631. The summed E-state index contributed by atoms with van der Waals surface area (Å²) in [5.41, 5.74) is -0.0768. The fraction of sp³-hybridized carbons (Fsp3) is 0.545. The van der Waals surface area contributed by atoms with Crippen LogP contribution in [0.3, 0.4) is 0 Å². The van der Waals surface area contributed by atoms with Crippen molar-refractivity contribution in [3.63, 3.8) is 0 Å². The van der Waals surface area contributed by atoms with Gasteiger partial charge in [-0.05, 0) is 6.42 Å². The molecule has 0 radical (unpaired) electrons. The molecule has 110 valence electrons. The molecule has 0 bridgehead atoms. The van der Waals surface area contributed by atoms with Gasteiger partial charge in [-0.3, -0.25) is 10.1 Å². The molecule has 8 nitrogen and oxygen atoms in total. The predicted molar refractivity (Wildman–Crippen MR) is 75.9 cm³/mol. The van der Waals surface area contributed by atoms with Gasteiger partial charge in [-0.25, -0.2) is 13.4 Å². The molecule has 2 heterocycles. The van der Waals surface area contributed by atoms with Crippen molar-refractivity contribution in [1.29, 1.82) is 0 Å². The summed E-state index contributed by atoms with van der Waals surface area (Å²) >= 11 is 0. The Balaban J connectivity index is 2.32. The largest absolute Gasteiger partial charge is 0.373 e. The van der Waals surface area contributed by atoms with Crippen molar-refractivity contribution in [3.8, 4) is 0 Å². The molecule has 1 atom stereocenters. The van der Waals surface area contributed by atoms with Crippen LogP contribution in [0.5, 0.6) is 0 Å². The Hall–Kier alpha value is -1.90. The maximum Gasteiger partial charge on any atom is 0.276 e. The van der Waals surface area contributed by atoms with Crippen LogP contribution in [0.4, 0.5) is 17.3 Å². The Morgan fingerprint density at radius 2 is 2.20 bits per heavy atom. The average Bonchev–Trinajstić information content (AvgIpc) is 2.77. The number of rotatable bonds is 4. The third kappa shape index (κ3) is 2.98. The first-order valence-corrected chi connectivity index (χ1v) is 7.92. The Morgan fingerprint density at radius 3 is 2.70 bits per heavy atom. The van der Waals surface area contributed by atoms with Crippen molar-refractivity contribution in [1.82, 2.24) is 4.98 Å². The third-order valence-corrected chi connectivity index (χ3v) is 5.13. The van der Waals surface area contributed by atoms with Gasteiger partial charge in [0.1, 0.15) is 11.6 Å². The molecule has 1 aliphatic rings. The van der Waals surface area contributed by atoms with E-state index in [1.165, 1.54) is 12.1 Å². The number of nitro groups is 1. The first-order valence-electron chi connectivity index (χ1n) is 6.10. The summed E-state index contributed by atoms with van der Waals surface area (Å²) in [6.45, 7) is 0. The normalized spacial score (nSPS) is 20.6. The van der Waals surface area contributed by atoms with E-state index in [1.807, 2.05) is 0 Å². The van der Waals surface area contributed by atoms with Gasteiger partial charge in [0.25, 0.3) is 5.69 Å². The first-order chi connectivity index (χ1) is 9.32. The Morgan fingerprint density at radius 1 is 1.50 bits per heavy atom. The topological polar surface area (TPSA) is 105 Å². The molecule has 0 aromatic carbocycles. The van der Waals surface area contributed by atoms with Crippen molar-refractivity contribution < 1.29 is 13.3 Å². The molecular formula is C11H16N4O4S. The van der Waals surface area contributed by atoms with E-state index in [0.29, 0.717) is 18.1 Å². The predicted octanol–water partition coefficient (Wildman–Crippen LogP) is 0.655. The molecule has 9 heteroatoms. The number of hydrogen-bond acceptors (Lipinski definition) is 7. The summed E-state index contributed by atoms with van der Waals surface area (Å²) < 4.78 is 23.0. The lowest BCUT2D eigenvalue weighted by Crippen LogP contribution is -2.33. The van der Waals surface area contributed by atoms with Crippen LogP contribution < -0.4 is 10.2 Å². The molecule has 0 amide bonds. The third-order valence-electron chi connectivity index (χ3n) is 3.38. The van der Waals surface area contributed by atoms with Crippen molar-refractivity contribution in [2.45, 2.75) is 12.5 Å². The SMILES string of the molecule is CNc1cc([N+](=O)[O-])cc(N(C)C2CCS(=O)(=O)C2)n1. The van der Waals surface area contributed by atoms with Crippen molar-refractivity contribution in [2.75, 3.05) is 35.8 Å². The lowest BCUT2D eigenvalue weighted by Gasteiger charge is -2.24. The molecule has 2 rings (SSSR count). The van der Waals surface area contributed by atoms with E-state index >= 15 is 0 Å². The average molecular weight is 300 g/mol. The zero-order valence-electron chi connectivity index (χ0n) is 11.2. The van der Waals surface area contributed by atoms with Crippen LogP contribution in [0.1, 0.15) is 6.42 Å². The van der Waals surface area contributed by atoms with E-state index in [0.717, 1.165) is 0 Å². The van der Waals surface area contributed by atoms with E-state index in [-0.39, 0.29) is 23.2 Å². The zero-order valence-corrected chi connectivity index (χ0v) is 12.1. The second-order valence-electron chi connectivity index (χ2n) is 4.74. The van der Waals surface area contributed by atoms with Crippen LogP contribution >= 0.6 is 0 Å². The van der Waals surface area contributed by atoms with E-state index in [1.54, 1.807) is 19.0 Å². The molecule has 0 saturated carbocycles. The van der Waals surface area contributed by atoms with Gasteiger partial charge in [0, 0.05) is 20.1 Å². The maximum absolute atomic E-state index is 11.5. The summed E-state index contributed by atoms with van der Waals surface area (Å²) in [5.74, 6) is 0.978. The quantitative estimate of drug-likeness (QED) is 0.643. The minimum Gasteiger partial charge on any atom is -0.373 e. The van der Waals surface area contributed by atoms with Crippen molar-refractivity contribution in [2.24, 2.45) is 0 Å². The van der Waals surface area contributed by atoms with Crippen LogP contribution in [0.25, 0.3) is 0 Å². The maximum atomic E-state index is 11.5. The fourth-order valence-corrected chi connectivity index (χ4v) is 3.96. The van der Waals surface area contributed by atoms with Gasteiger partial charge in [-0.1, -0.05) is 0 Å². The number of anilines is 2. The number of hydrogen-bond donors (Lipinski definition) is 1. The first kappa shape index (κ1) is 14.5. The summed E-state index contributed by atoms with van der Waals surface area (Å²) in [7, 11) is 0.317. The minimum absolute atomic E-state index is 0.0583. The Labute approximate surface area is 116 Å². The van der Waals surface area contributed by atoms with Gasteiger partial charge in [0.05, 0.1) is 28.6 Å². The van der Waals surface area contributed by atoms with E-state index in [9.17, 15) is 18.5 Å². The highest BCUT2D eigenvalue weighted by atomic mass is 32.2. The monoisotopic (exact) mass is 300 g/mol. The molecule has 1 aromatic rings. The van der Waals surface area contributed by atoms with Crippen LogP contribution in [-0.4, -0.2) is 50.0 Å². The molecule has 0 aliphatic carbocycles. The smallest absolute Gasteiger partial charge is 0.276 e. The zero-order chi connectivity index (χ0) is 14.9. The van der Waals surface area contributed by atoms with Gasteiger partial charge in [0.2, 0.25) is 0 Å². The number of nitrogens with one attached hydrogen (secondary N) is 1. The molecular weight excluding hydrogens is 284 g/mol. The Kier molecular flexibility index (Phi) is 3.80. The second-order valence-corrected chi connectivity index (χ2v) is 6.97. The highest BCUT2D eigenvalue weighted by Gasteiger charge is 2.31. The van der Waals surface area contributed by atoms with Crippen LogP contribution in [0.15, 0.2) is 12.1 Å². The summed E-state index contributed by atoms with van der Waals surface area (Å²) in [6, 6.07) is 2.49. The molecule has 1 fully saturated rings. The summed E-state index contributed by atoms with van der Waals surface area (Å²) in [6.07, 6.45) is 0.512. The molecule has 1 aliphatic heterocycles. The highest BCUT2D eigenvalue weighted by molar-refractivity contribution is 7.91. The molecule has 1 N–H and O–H groups in total. The molecule has 1 saturated heterocycles. The van der Waals surface area contributed by atoms with Crippen LogP contribution in [0.2, 0.25) is 0 Å². The van der Waals surface area contributed by atoms with Crippen molar-refractivity contribution in [3.05, 3.63) is 22.2 Å². The number of aromatic nitrogens is 1. The second kappa shape index (κ2) is 5.23. The van der Waals surface area contributed by atoms with Crippen LogP contribution in [0, 0.1) is 10.1 Å². The number of nitrogens with zero attached hydrogens (tertiary/aromatic N) is 3. The lowest BCUT2D eigenvalue weighted by atomic mass is 10.2. The van der Waals surface area contributed by atoms with Gasteiger partial charge in [-0.2, -0.15) is 0 Å². The van der Waals surface area contributed by atoms with Gasteiger partial charge < -0.3 is 10.2 Å². The number of sulfone groups is 1. The minimum atomic E-state index is -3.01. The lowest BCUT2D eigenvalue weighted by molar-refractivity contribution is -0.384. The summed E-state index contributed by atoms with van der Waals surface area (Å²) in [4.78, 5) is 16.3. The number of pyridine rings is 1. The molecule has 0 spiro atoms. The van der Waals surface area contributed by atoms with Crippen LogP contribution in [-0.2, 0) is 9.84 Å². The van der Waals surface area contributed by atoms with E-state index in [2.05, 4.69) is 10.3 Å². The summed E-state index contributed by atoms with van der Waals surface area (Å²) in [5, 5.41) is 13.7. The van der Waals surface area contributed by atoms with E-state index in [4.69, 9.17) is 0 Å². The van der Waals surface area contributed by atoms with Gasteiger partial charge in [-0.15, -0.1) is 0 Å². The molecule has 20 heavy (non-hydrogen) atoms. The standard InChI is InChI=1S/C11H16N4O4S/c1-12-10-5-9(15(16)17)6-11(13-10)14(2)8-3-4-20(18,19)7-8/h5-6,8H,3-4,7H2,1-2H3,(H,12,13). The highest BCUT2D eigenvalue weighted by Crippen LogP contribution is 2.26.